The number of hydrazone groups is 1. The summed E-state index contributed by atoms with van der Waals surface area (Å²) in [5.41, 5.74) is 21.7. The van der Waals surface area contributed by atoms with Gasteiger partial charge in [-0.05, 0) is 126 Å². The molecule has 3 N–H and O–H groups in total. The largest absolute Gasteiger partial charge is 0.377 e. The van der Waals surface area contributed by atoms with Crippen LogP contribution in [0.15, 0.2) is 228 Å². The SMILES string of the molecule is C.C.C=C1NN=C2c3c(cccc31)CC(c1ccncc1)C2c1ccccc1.CN(C)Cc1ccc(C2C3=NCC(=O)c4cc(F)cc(c43)NC2c2ccncc2)cc1.O=c1[nH]nc2c3c(cccc13)CC(c1ccccn1)C2c1ccccc1. The molecule has 424 valence electrons. The summed E-state index contributed by atoms with van der Waals surface area (Å²) in [6, 6.07) is 58.9. The van der Waals surface area contributed by atoms with Crippen molar-refractivity contribution in [3.63, 3.8) is 0 Å². The molecular formula is C72H67FN10O2. The number of anilines is 1. The molecule has 0 saturated heterocycles. The van der Waals surface area contributed by atoms with Crippen molar-refractivity contribution in [1.29, 1.82) is 0 Å². The molecule has 12 nitrogen and oxygen atoms in total. The minimum absolute atomic E-state index is 0. The smallest absolute Gasteiger partial charge is 0.272 e. The third kappa shape index (κ3) is 11.0. The van der Waals surface area contributed by atoms with Crippen LogP contribution < -0.4 is 16.3 Å². The van der Waals surface area contributed by atoms with Crippen LogP contribution >= 0.6 is 0 Å². The van der Waals surface area contributed by atoms with Gasteiger partial charge in [0.2, 0.25) is 0 Å². The first kappa shape index (κ1) is 57.0. The highest BCUT2D eigenvalue weighted by atomic mass is 19.1. The summed E-state index contributed by atoms with van der Waals surface area (Å²) in [5, 5.41) is 17.2. The van der Waals surface area contributed by atoms with Crippen molar-refractivity contribution in [2.75, 3.05) is 26.0 Å². The van der Waals surface area contributed by atoms with Crippen LogP contribution in [0.2, 0.25) is 0 Å². The second-order valence-corrected chi connectivity index (χ2v) is 22.0. The van der Waals surface area contributed by atoms with Gasteiger partial charge in [-0.15, -0.1) is 0 Å². The molecule has 4 aromatic heterocycles. The lowest BCUT2D eigenvalue weighted by Crippen LogP contribution is -2.36. The van der Waals surface area contributed by atoms with Crippen LogP contribution in [0.4, 0.5) is 10.1 Å². The lowest BCUT2D eigenvalue weighted by molar-refractivity contribution is 0.0999. The number of halogens is 1. The second kappa shape index (κ2) is 24.5. The summed E-state index contributed by atoms with van der Waals surface area (Å²) in [6.07, 6.45) is 10.9. The van der Waals surface area contributed by atoms with Crippen LogP contribution in [0.1, 0.15) is 133 Å². The Balaban J connectivity index is 0.000000132. The van der Waals surface area contributed by atoms with E-state index in [-0.39, 0.29) is 62.5 Å². The minimum atomic E-state index is -0.421. The summed E-state index contributed by atoms with van der Waals surface area (Å²) < 4.78 is 14.3. The number of aliphatic imine (C=N–C) groups is 1. The lowest BCUT2D eigenvalue weighted by Gasteiger charge is -2.38. The molecule has 6 aromatic carbocycles. The van der Waals surface area contributed by atoms with Crippen molar-refractivity contribution in [2.24, 2.45) is 10.1 Å². The van der Waals surface area contributed by atoms with E-state index in [4.69, 9.17) is 10.1 Å². The Morgan fingerprint density at radius 2 is 1.25 bits per heavy atom. The lowest BCUT2D eigenvalue weighted by atomic mass is 9.67. The third-order valence-corrected chi connectivity index (χ3v) is 16.7. The van der Waals surface area contributed by atoms with E-state index in [0.717, 1.165) is 70.0 Å². The van der Waals surface area contributed by atoms with E-state index >= 15 is 0 Å². The Labute approximate surface area is 495 Å². The highest BCUT2D eigenvalue weighted by Crippen LogP contribution is 2.49. The number of aromatic amines is 1. The molecule has 13 heteroatoms. The Morgan fingerprint density at radius 3 is 1.94 bits per heavy atom. The van der Waals surface area contributed by atoms with Crippen LogP contribution in [0, 0.1) is 5.82 Å². The number of nitrogens with one attached hydrogen (secondary N) is 3. The van der Waals surface area contributed by atoms with Crippen LogP contribution in [-0.2, 0) is 19.4 Å². The van der Waals surface area contributed by atoms with E-state index in [9.17, 15) is 14.0 Å². The Morgan fingerprint density at radius 1 is 0.600 bits per heavy atom. The minimum Gasteiger partial charge on any atom is -0.377 e. The van der Waals surface area contributed by atoms with Crippen LogP contribution in [0.3, 0.4) is 0 Å². The van der Waals surface area contributed by atoms with Gasteiger partial charge in [0.05, 0.1) is 40.2 Å². The number of H-pyrrole nitrogens is 1. The number of benzene rings is 6. The molecule has 0 spiro atoms. The molecule has 7 heterocycles. The number of aromatic nitrogens is 5. The zero-order valence-electron chi connectivity index (χ0n) is 46.0. The van der Waals surface area contributed by atoms with Crippen molar-refractivity contribution in [1.82, 2.24) is 35.5 Å². The number of carbonyl (C=O) groups excluding carboxylic acids is 1. The number of rotatable bonds is 8. The fourth-order valence-corrected chi connectivity index (χ4v) is 13.1. The number of nitrogens with zero attached hydrogens (tertiary/aromatic N) is 7. The van der Waals surface area contributed by atoms with Gasteiger partial charge in [0.1, 0.15) is 12.4 Å². The molecule has 2 aliphatic carbocycles. The number of ketones is 1. The maximum atomic E-state index is 14.3. The van der Waals surface area contributed by atoms with Gasteiger partial charge in [0.25, 0.3) is 5.56 Å². The van der Waals surface area contributed by atoms with Gasteiger partial charge in [0, 0.05) is 100 Å². The summed E-state index contributed by atoms with van der Waals surface area (Å²) in [5.74, 6) is 0.0820. The quantitative estimate of drug-likeness (QED) is 0.135. The number of hydrogen-bond acceptors (Lipinski definition) is 11. The maximum absolute atomic E-state index is 14.3. The van der Waals surface area contributed by atoms with Gasteiger partial charge >= 0.3 is 0 Å². The number of Topliss-reactive ketones (excluding diaryl/α,β-unsaturated/α-hetero) is 1. The van der Waals surface area contributed by atoms with E-state index in [0.29, 0.717) is 22.6 Å². The molecule has 10 aromatic rings. The monoisotopic (exact) mass is 1120 g/mol. The van der Waals surface area contributed by atoms with Gasteiger partial charge in [-0.25, -0.2) is 9.49 Å². The molecule has 5 aliphatic rings. The zero-order valence-corrected chi connectivity index (χ0v) is 46.0. The number of carbonyl (C=O) groups is 1. The first-order valence-electron chi connectivity index (χ1n) is 28.0. The Hall–Kier alpha value is -9.85. The molecule has 0 amide bonds. The van der Waals surface area contributed by atoms with Crippen LogP contribution in [0.25, 0.3) is 16.5 Å². The van der Waals surface area contributed by atoms with Gasteiger partial charge < -0.3 is 10.2 Å². The van der Waals surface area contributed by atoms with Gasteiger partial charge in [-0.3, -0.25) is 35.0 Å². The van der Waals surface area contributed by atoms with Crippen LogP contribution in [0.5, 0.6) is 0 Å². The predicted octanol–water partition coefficient (Wildman–Crippen LogP) is 13.8. The van der Waals surface area contributed by atoms with Crippen molar-refractivity contribution in [3.05, 3.63) is 308 Å². The molecular weight excluding hydrogens is 1060 g/mol. The van der Waals surface area contributed by atoms with Gasteiger partial charge in [-0.2, -0.15) is 10.2 Å². The summed E-state index contributed by atoms with van der Waals surface area (Å²) in [4.78, 5) is 44.6. The van der Waals surface area contributed by atoms with Gasteiger partial charge in [-0.1, -0.05) is 143 Å². The summed E-state index contributed by atoms with van der Waals surface area (Å²) >= 11 is 0. The van der Waals surface area contributed by atoms with Crippen molar-refractivity contribution in [3.8, 4) is 0 Å². The summed E-state index contributed by atoms with van der Waals surface area (Å²) in [7, 11) is 4.09. The fraction of sp³-hybridized carbons (Fsp3) is 0.194. The molecule has 0 bridgehead atoms. The molecule has 0 saturated carbocycles. The van der Waals surface area contributed by atoms with Crippen molar-refractivity contribution in [2.45, 2.75) is 69.9 Å². The standard InChI is InChI=1S/C25H23FN4O.C23H19N3.C22H17N3O.2CH4/c1-30(2)14-15-3-5-16(6-4-15)22-24(17-7-9-27-10-8-17)29-20-12-18(26)11-19-21(31)13-28-25(22)23(19)20;1-15-19-9-5-8-18-14-20(16-10-12-24-13-11-16)21(17-6-3-2-4-7-17)23(22(18)19)26-25-15;26-22-16-10-6-9-15-13-17(18-11-4-5-12-23-18)19(14-7-2-1-3-8-14)21(20(15)16)24-25-22;;/h3-12,22,24,29H,13-14H2,1-2H3;2-13,20-21,25H,1,14H2;1-12,17,19H,13H2,(H,25,26);2*1H4. The maximum Gasteiger partial charge on any atom is 0.272 e. The Bertz CT molecular complexity index is 4180. The zero-order chi connectivity index (χ0) is 56.6. The Kier molecular flexibility index (Phi) is 16.5. The van der Waals surface area contributed by atoms with E-state index in [1.165, 1.54) is 56.6 Å². The molecule has 6 atom stereocenters. The first-order valence-corrected chi connectivity index (χ1v) is 28.0. The molecule has 3 aliphatic heterocycles. The van der Waals surface area contributed by atoms with Crippen LogP contribution in [-0.4, -0.2) is 67.9 Å². The van der Waals surface area contributed by atoms with Gasteiger partial charge in [0.15, 0.2) is 5.78 Å². The average molecular weight is 1120 g/mol. The van der Waals surface area contributed by atoms with Crippen molar-refractivity contribution < 1.29 is 9.18 Å². The van der Waals surface area contributed by atoms with Crippen molar-refractivity contribution >= 4 is 39.4 Å². The molecule has 6 unspecified atom stereocenters. The van der Waals surface area contributed by atoms with E-state index in [1.807, 2.05) is 87.3 Å². The number of hydrogen-bond donors (Lipinski definition) is 3. The first-order chi connectivity index (χ1) is 40.7. The highest BCUT2D eigenvalue weighted by molar-refractivity contribution is 6.21. The topological polar surface area (TPSA) is 154 Å². The highest BCUT2D eigenvalue weighted by Gasteiger charge is 2.42. The normalized spacial score (nSPS) is 19.2. The average Bonchev–Trinajstić information content (AvgIpc) is 1.03. The molecule has 0 fully saturated rings. The number of pyridine rings is 3. The van der Waals surface area contributed by atoms with E-state index in [1.54, 1.807) is 12.4 Å². The molecule has 85 heavy (non-hydrogen) atoms. The molecule has 15 rings (SSSR count). The van der Waals surface area contributed by atoms with E-state index in [2.05, 4.69) is 157 Å². The fourth-order valence-electron chi connectivity index (χ4n) is 13.1. The predicted molar refractivity (Wildman–Crippen MR) is 339 cm³/mol. The van der Waals surface area contributed by atoms with E-state index < -0.39 is 5.82 Å². The second-order valence-electron chi connectivity index (χ2n) is 22.0. The summed E-state index contributed by atoms with van der Waals surface area (Å²) in [6.45, 7) is 5.04. The molecule has 0 radical (unpaired) electrons. The third-order valence-electron chi connectivity index (χ3n) is 16.7.